The van der Waals surface area contributed by atoms with Crippen LogP contribution in [0.15, 0.2) is 48.5 Å². The highest BCUT2D eigenvalue weighted by molar-refractivity contribution is 7.92. The van der Waals surface area contributed by atoms with Crippen molar-refractivity contribution in [3.63, 3.8) is 0 Å². The number of hydrogen-bond acceptors (Lipinski definition) is 4. The van der Waals surface area contributed by atoms with Crippen LogP contribution in [0.25, 0.3) is 0 Å². The fourth-order valence-corrected chi connectivity index (χ4v) is 4.67. The smallest absolute Gasteiger partial charge is 0.244 e. The number of hydrogen-bond donors (Lipinski definition) is 1. The second-order valence-corrected chi connectivity index (χ2v) is 10.7. The van der Waals surface area contributed by atoms with Gasteiger partial charge in [0.15, 0.2) is 0 Å². The summed E-state index contributed by atoms with van der Waals surface area (Å²) < 4.78 is 26.5. The Bertz CT molecular complexity index is 1080. The number of nitrogens with zero attached hydrogens (tertiary/aromatic N) is 2. The summed E-state index contributed by atoms with van der Waals surface area (Å²) in [6.07, 6.45) is 1.49. The molecule has 0 aromatic heterocycles. The van der Waals surface area contributed by atoms with E-state index in [1.807, 2.05) is 57.2 Å². The van der Waals surface area contributed by atoms with Gasteiger partial charge in [0.25, 0.3) is 0 Å². The summed E-state index contributed by atoms with van der Waals surface area (Å²) in [5, 5.41) is 2.80. The van der Waals surface area contributed by atoms with E-state index in [9.17, 15) is 18.0 Å². The van der Waals surface area contributed by atoms with Gasteiger partial charge in [0.2, 0.25) is 21.8 Å². The largest absolute Gasteiger partial charge is 0.355 e. The highest BCUT2D eigenvalue weighted by Gasteiger charge is 2.31. The van der Waals surface area contributed by atoms with Crippen molar-refractivity contribution >= 4 is 27.5 Å². The van der Waals surface area contributed by atoms with E-state index in [4.69, 9.17) is 0 Å². The first-order chi connectivity index (χ1) is 16.0. The van der Waals surface area contributed by atoms with Crippen LogP contribution in [0.2, 0.25) is 0 Å². The van der Waals surface area contributed by atoms with Crippen LogP contribution >= 0.6 is 0 Å². The fraction of sp³-hybridized carbons (Fsp3) is 0.462. The molecule has 1 N–H and O–H groups in total. The minimum atomic E-state index is -3.74. The molecule has 0 saturated carbocycles. The molecular weight excluding hydrogens is 450 g/mol. The van der Waals surface area contributed by atoms with Gasteiger partial charge in [0, 0.05) is 13.1 Å². The molecule has 0 radical (unpaired) electrons. The maximum Gasteiger partial charge on any atom is 0.244 e. The highest BCUT2D eigenvalue weighted by atomic mass is 32.2. The van der Waals surface area contributed by atoms with E-state index in [2.05, 4.69) is 19.2 Å². The highest BCUT2D eigenvalue weighted by Crippen LogP contribution is 2.23. The predicted molar refractivity (Wildman–Crippen MR) is 137 cm³/mol. The summed E-state index contributed by atoms with van der Waals surface area (Å²) in [5.74, 6) is -0.381. The summed E-state index contributed by atoms with van der Waals surface area (Å²) in [6, 6.07) is 14.1. The average Bonchev–Trinajstić information content (AvgIpc) is 2.78. The van der Waals surface area contributed by atoms with Gasteiger partial charge in [-0.05, 0) is 55.0 Å². The van der Waals surface area contributed by atoms with Gasteiger partial charge in [-0.15, -0.1) is 0 Å². The molecule has 186 valence electrons. The second kappa shape index (κ2) is 12.0. The number of sulfonamides is 1. The van der Waals surface area contributed by atoms with Gasteiger partial charge in [-0.3, -0.25) is 13.9 Å². The third kappa shape index (κ3) is 7.06. The molecule has 1 unspecified atom stereocenters. The first-order valence-corrected chi connectivity index (χ1v) is 13.5. The number of nitrogens with one attached hydrogen (secondary N) is 1. The van der Waals surface area contributed by atoms with E-state index in [0.717, 1.165) is 27.3 Å². The SMILES string of the molecule is CCNC(=O)C(CC)N(Cc1ccccc1C)C(=O)CN(c1ccc(C(C)C)cc1)S(C)(=O)=O. The van der Waals surface area contributed by atoms with Crippen molar-refractivity contribution in [1.29, 1.82) is 0 Å². The Balaban J connectivity index is 2.44. The van der Waals surface area contributed by atoms with Crippen molar-refractivity contribution in [3.8, 4) is 0 Å². The summed E-state index contributed by atoms with van der Waals surface area (Å²) >= 11 is 0. The molecular formula is C26H37N3O4S. The van der Waals surface area contributed by atoms with Crippen molar-refractivity contribution in [2.45, 2.75) is 59.5 Å². The topological polar surface area (TPSA) is 86.8 Å². The Labute approximate surface area is 204 Å². The molecule has 34 heavy (non-hydrogen) atoms. The molecule has 0 aliphatic carbocycles. The molecule has 2 amide bonds. The molecule has 8 heteroatoms. The molecule has 0 bridgehead atoms. The summed E-state index contributed by atoms with van der Waals surface area (Å²) in [4.78, 5) is 27.9. The van der Waals surface area contributed by atoms with Crippen molar-refractivity contribution < 1.29 is 18.0 Å². The number of rotatable bonds is 11. The standard InChI is InChI=1S/C26H37N3O4S/c1-7-24(26(31)27-8-2)28(17-22-12-10-9-11-20(22)5)25(30)18-29(34(6,32)33)23-15-13-21(14-16-23)19(3)4/h9-16,19,24H,7-8,17-18H2,1-6H3,(H,27,31). The molecule has 0 aliphatic heterocycles. The van der Waals surface area contributed by atoms with Crippen LogP contribution in [-0.4, -0.2) is 50.5 Å². The number of aryl methyl sites for hydroxylation is 1. The molecule has 1 atom stereocenters. The Morgan fingerprint density at radius 1 is 1.00 bits per heavy atom. The quantitative estimate of drug-likeness (QED) is 0.522. The Morgan fingerprint density at radius 3 is 2.12 bits per heavy atom. The zero-order valence-electron chi connectivity index (χ0n) is 21.0. The number of amides is 2. The third-order valence-electron chi connectivity index (χ3n) is 5.87. The second-order valence-electron chi connectivity index (χ2n) is 8.78. The lowest BCUT2D eigenvalue weighted by molar-refractivity contribution is -0.140. The van der Waals surface area contributed by atoms with Gasteiger partial charge in [-0.1, -0.05) is 57.2 Å². The molecule has 2 aromatic carbocycles. The lowest BCUT2D eigenvalue weighted by Crippen LogP contribution is -2.52. The van der Waals surface area contributed by atoms with E-state index >= 15 is 0 Å². The zero-order valence-corrected chi connectivity index (χ0v) is 21.9. The molecule has 2 aromatic rings. The van der Waals surface area contributed by atoms with E-state index in [0.29, 0.717) is 24.6 Å². The lowest BCUT2D eigenvalue weighted by Gasteiger charge is -2.33. The number of likely N-dealkylation sites (N-methyl/N-ethyl adjacent to an activating group) is 1. The Hall–Kier alpha value is -2.87. The summed E-state index contributed by atoms with van der Waals surface area (Å²) in [6.45, 7) is 10.0. The average molecular weight is 488 g/mol. The molecule has 0 saturated heterocycles. The van der Waals surface area contributed by atoms with E-state index in [-0.39, 0.29) is 19.0 Å². The van der Waals surface area contributed by atoms with Gasteiger partial charge in [0.05, 0.1) is 11.9 Å². The van der Waals surface area contributed by atoms with Crippen molar-refractivity contribution in [2.75, 3.05) is 23.7 Å². The van der Waals surface area contributed by atoms with Crippen LogP contribution in [0.5, 0.6) is 0 Å². The maximum atomic E-state index is 13.6. The number of carbonyl (C=O) groups is 2. The Morgan fingerprint density at radius 2 is 1.62 bits per heavy atom. The first-order valence-electron chi connectivity index (χ1n) is 11.7. The number of benzene rings is 2. The molecule has 0 aliphatic rings. The monoisotopic (exact) mass is 487 g/mol. The van der Waals surface area contributed by atoms with E-state index < -0.39 is 22.0 Å². The maximum absolute atomic E-state index is 13.6. The van der Waals surface area contributed by atoms with Crippen LogP contribution in [0.1, 0.15) is 56.7 Å². The van der Waals surface area contributed by atoms with Crippen LogP contribution in [0.3, 0.4) is 0 Å². The minimum Gasteiger partial charge on any atom is -0.355 e. The zero-order chi connectivity index (χ0) is 25.5. The molecule has 7 nitrogen and oxygen atoms in total. The number of anilines is 1. The van der Waals surface area contributed by atoms with Crippen molar-refractivity contribution in [3.05, 3.63) is 65.2 Å². The molecule has 0 spiro atoms. The van der Waals surface area contributed by atoms with Gasteiger partial charge >= 0.3 is 0 Å². The lowest BCUT2D eigenvalue weighted by atomic mass is 10.0. The molecule has 2 rings (SSSR count). The van der Waals surface area contributed by atoms with Crippen LogP contribution < -0.4 is 9.62 Å². The van der Waals surface area contributed by atoms with Gasteiger partial charge < -0.3 is 10.2 Å². The van der Waals surface area contributed by atoms with Crippen molar-refractivity contribution in [1.82, 2.24) is 10.2 Å². The van der Waals surface area contributed by atoms with Gasteiger partial charge in [-0.25, -0.2) is 8.42 Å². The predicted octanol–water partition coefficient (Wildman–Crippen LogP) is 3.83. The van der Waals surface area contributed by atoms with Gasteiger partial charge in [-0.2, -0.15) is 0 Å². The number of carbonyl (C=O) groups excluding carboxylic acids is 2. The molecule has 0 heterocycles. The first kappa shape index (κ1) is 27.4. The minimum absolute atomic E-state index is 0.213. The van der Waals surface area contributed by atoms with Crippen molar-refractivity contribution in [2.24, 2.45) is 0 Å². The fourth-order valence-electron chi connectivity index (χ4n) is 3.82. The van der Waals surface area contributed by atoms with Crippen LogP contribution in [0, 0.1) is 6.92 Å². The Kier molecular flexibility index (Phi) is 9.67. The van der Waals surface area contributed by atoms with Gasteiger partial charge in [0.1, 0.15) is 12.6 Å². The normalized spacial score (nSPS) is 12.3. The third-order valence-corrected chi connectivity index (χ3v) is 7.01. The van der Waals surface area contributed by atoms with Crippen LogP contribution in [-0.2, 0) is 26.2 Å². The summed E-state index contributed by atoms with van der Waals surface area (Å²) in [5.41, 5.74) is 3.40. The van der Waals surface area contributed by atoms with Crippen LogP contribution in [0.4, 0.5) is 5.69 Å². The van der Waals surface area contributed by atoms with E-state index in [1.165, 1.54) is 4.90 Å². The molecule has 0 fully saturated rings. The summed E-state index contributed by atoms with van der Waals surface area (Å²) in [7, 11) is -3.74. The van der Waals surface area contributed by atoms with E-state index in [1.54, 1.807) is 12.1 Å².